The number of thioether (sulfide) groups is 1. The minimum atomic E-state index is -0.683. The SMILES string of the molecule is C[C@]12CC[C@@H]3c4ccc(O)cc4C(O)C(Sc4ccc(O)cc4)[C@H]3[C@@H]1CCC2O. The summed E-state index contributed by atoms with van der Waals surface area (Å²) in [6.07, 6.45) is 2.85. The van der Waals surface area contributed by atoms with E-state index in [1.807, 2.05) is 18.2 Å². The molecule has 0 heterocycles. The van der Waals surface area contributed by atoms with Gasteiger partial charge in [-0.25, -0.2) is 0 Å². The molecule has 3 aliphatic carbocycles. The number of benzene rings is 2. The Morgan fingerprint density at radius 3 is 2.38 bits per heavy atom. The normalized spacial score (nSPS) is 38.2. The number of hydrogen-bond acceptors (Lipinski definition) is 5. The van der Waals surface area contributed by atoms with Crippen LogP contribution in [0.25, 0.3) is 0 Å². The Bertz CT molecular complexity index is 914. The summed E-state index contributed by atoms with van der Waals surface area (Å²) in [7, 11) is 0. The van der Waals surface area contributed by atoms with Crippen LogP contribution in [-0.4, -0.2) is 31.8 Å². The number of aliphatic hydroxyl groups excluding tert-OH is 2. The van der Waals surface area contributed by atoms with Gasteiger partial charge in [0.05, 0.1) is 12.2 Å². The Morgan fingerprint density at radius 1 is 0.897 bits per heavy atom. The van der Waals surface area contributed by atoms with Crippen molar-refractivity contribution in [2.24, 2.45) is 17.3 Å². The summed E-state index contributed by atoms with van der Waals surface area (Å²) in [4.78, 5) is 1.01. The predicted molar refractivity (Wildman–Crippen MR) is 113 cm³/mol. The Morgan fingerprint density at radius 2 is 1.62 bits per heavy atom. The number of phenols is 2. The van der Waals surface area contributed by atoms with Gasteiger partial charge in [-0.1, -0.05) is 13.0 Å². The summed E-state index contributed by atoms with van der Waals surface area (Å²) in [5.41, 5.74) is 1.90. The van der Waals surface area contributed by atoms with Gasteiger partial charge in [0.15, 0.2) is 0 Å². The third kappa shape index (κ3) is 2.97. The van der Waals surface area contributed by atoms with Crippen LogP contribution in [0.3, 0.4) is 0 Å². The lowest BCUT2D eigenvalue weighted by molar-refractivity contribution is -0.0341. The fourth-order valence-corrected chi connectivity index (χ4v) is 7.78. The maximum atomic E-state index is 11.4. The Balaban J connectivity index is 1.59. The summed E-state index contributed by atoms with van der Waals surface area (Å²) < 4.78 is 0. The largest absolute Gasteiger partial charge is 0.508 e. The molecule has 0 spiro atoms. The molecular formula is C24H28O4S. The van der Waals surface area contributed by atoms with Crippen molar-refractivity contribution in [3.8, 4) is 11.5 Å². The van der Waals surface area contributed by atoms with Crippen molar-refractivity contribution in [3.63, 3.8) is 0 Å². The monoisotopic (exact) mass is 412 g/mol. The molecule has 0 amide bonds. The van der Waals surface area contributed by atoms with E-state index in [1.165, 1.54) is 0 Å². The third-order valence-corrected chi connectivity index (χ3v) is 9.26. The third-order valence-electron chi connectivity index (χ3n) is 7.87. The molecule has 4 N–H and O–H groups in total. The van der Waals surface area contributed by atoms with Crippen LogP contribution in [0, 0.1) is 17.3 Å². The molecule has 2 fully saturated rings. The van der Waals surface area contributed by atoms with E-state index in [9.17, 15) is 20.4 Å². The number of fused-ring (bicyclic) bond motifs is 5. The molecule has 3 aliphatic rings. The van der Waals surface area contributed by atoms with Crippen molar-refractivity contribution in [2.75, 3.05) is 0 Å². The van der Waals surface area contributed by atoms with Crippen LogP contribution < -0.4 is 0 Å². The molecule has 5 heteroatoms. The molecule has 2 aromatic rings. The lowest BCUT2D eigenvalue weighted by Gasteiger charge is -2.54. The highest BCUT2D eigenvalue weighted by atomic mass is 32.2. The van der Waals surface area contributed by atoms with Gasteiger partial charge in [-0.3, -0.25) is 0 Å². The smallest absolute Gasteiger partial charge is 0.115 e. The first-order valence-corrected chi connectivity index (χ1v) is 11.4. The summed E-state index contributed by atoms with van der Waals surface area (Å²) in [5.74, 6) is 1.37. The summed E-state index contributed by atoms with van der Waals surface area (Å²) in [5, 5.41) is 41.8. The van der Waals surface area contributed by atoms with Gasteiger partial charge < -0.3 is 20.4 Å². The molecule has 2 aromatic carbocycles. The zero-order valence-corrected chi connectivity index (χ0v) is 17.3. The lowest BCUT2D eigenvalue weighted by Crippen LogP contribution is -2.49. The maximum absolute atomic E-state index is 11.4. The zero-order valence-electron chi connectivity index (χ0n) is 16.5. The second-order valence-electron chi connectivity index (χ2n) is 9.26. The molecule has 0 aliphatic heterocycles. The molecule has 0 saturated heterocycles. The van der Waals surface area contributed by atoms with Crippen LogP contribution in [0.2, 0.25) is 0 Å². The highest BCUT2D eigenvalue weighted by Crippen LogP contribution is 2.64. The lowest BCUT2D eigenvalue weighted by atomic mass is 9.55. The molecule has 0 bridgehead atoms. The minimum Gasteiger partial charge on any atom is -0.508 e. The van der Waals surface area contributed by atoms with E-state index in [2.05, 4.69) is 6.92 Å². The van der Waals surface area contributed by atoms with E-state index in [-0.39, 0.29) is 34.2 Å². The van der Waals surface area contributed by atoms with Crippen molar-refractivity contribution >= 4 is 11.8 Å². The van der Waals surface area contributed by atoms with E-state index >= 15 is 0 Å². The molecule has 7 atom stereocenters. The van der Waals surface area contributed by atoms with Gasteiger partial charge in [0.1, 0.15) is 11.5 Å². The van der Waals surface area contributed by atoms with Gasteiger partial charge in [0, 0.05) is 10.1 Å². The van der Waals surface area contributed by atoms with Gasteiger partial charge in [-0.2, -0.15) is 0 Å². The quantitative estimate of drug-likeness (QED) is 0.581. The molecule has 2 saturated carbocycles. The fraction of sp³-hybridized carbons (Fsp3) is 0.500. The van der Waals surface area contributed by atoms with Crippen LogP contribution >= 0.6 is 11.8 Å². The van der Waals surface area contributed by atoms with E-state index < -0.39 is 6.10 Å². The number of rotatable bonds is 2. The zero-order chi connectivity index (χ0) is 20.3. The topological polar surface area (TPSA) is 80.9 Å². The van der Waals surface area contributed by atoms with Gasteiger partial charge in [0.25, 0.3) is 0 Å². The van der Waals surface area contributed by atoms with Crippen LogP contribution in [-0.2, 0) is 0 Å². The predicted octanol–water partition coefficient (Wildman–Crippen LogP) is 4.58. The van der Waals surface area contributed by atoms with Gasteiger partial charge in [-0.15, -0.1) is 11.8 Å². The van der Waals surface area contributed by atoms with Crippen molar-refractivity contribution in [2.45, 2.75) is 60.9 Å². The van der Waals surface area contributed by atoms with Gasteiger partial charge >= 0.3 is 0 Å². The molecular weight excluding hydrogens is 384 g/mol. The van der Waals surface area contributed by atoms with Crippen LogP contribution in [0.5, 0.6) is 11.5 Å². The first-order valence-electron chi connectivity index (χ1n) is 10.5. The Hall–Kier alpha value is -1.69. The van der Waals surface area contributed by atoms with Crippen molar-refractivity contribution in [1.29, 1.82) is 0 Å². The average Bonchev–Trinajstić information content (AvgIpc) is 3.01. The van der Waals surface area contributed by atoms with Crippen LogP contribution in [0.4, 0.5) is 0 Å². The van der Waals surface area contributed by atoms with Gasteiger partial charge in [-0.05, 0) is 96.4 Å². The average molecular weight is 413 g/mol. The molecule has 154 valence electrons. The summed E-state index contributed by atoms with van der Waals surface area (Å²) >= 11 is 1.66. The molecule has 4 nitrogen and oxygen atoms in total. The van der Waals surface area contributed by atoms with Crippen molar-refractivity contribution in [3.05, 3.63) is 53.6 Å². The fourth-order valence-electron chi connectivity index (χ4n) is 6.36. The van der Waals surface area contributed by atoms with E-state index in [0.29, 0.717) is 11.8 Å². The second kappa shape index (κ2) is 6.93. The van der Waals surface area contributed by atoms with E-state index in [4.69, 9.17) is 0 Å². The maximum Gasteiger partial charge on any atom is 0.115 e. The number of phenolic OH excluding ortho intramolecular Hbond substituents is 2. The Labute approximate surface area is 175 Å². The first kappa shape index (κ1) is 19.3. The molecule has 29 heavy (non-hydrogen) atoms. The Kier molecular flexibility index (Phi) is 4.61. The number of aromatic hydroxyl groups is 2. The van der Waals surface area contributed by atoms with E-state index in [1.54, 1.807) is 36.0 Å². The highest BCUT2D eigenvalue weighted by Gasteiger charge is 2.58. The summed E-state index contributed by atoms with van der Waals surface area (Å²) in [6, 6.07) is 12.6. The summed E-state index contributed by atoms with van der Waals surface area (Å²) in [6.45, 7) is 2.23. The molecule has 0 radical (unpaired) electrons. The van der Waals surface area contributed by atoms with Crippen LogP contribution in [0.15, 0.2) is 47.4 Å². The minimum absolute atomic E-state index is 0.0613. The highest BCUT2D eigenvalue weighted by molar-refractivity contribution is 8.00. The molecule has 5 rings (SSSR count). The second-order valence-corrected chi connectivity index (χ2v) is 10.5. The van der Waals surface area contributed by atoms with Crippen molar-refractivity contribution in [1.82, 2.24) is 0 Å². The van der Waals surface area contributed by atoms with E-state index in [0.717, 1.165) is 41.7 Å². The first-order chi connectivity index (χ1) is 13.9. The number of hydrogen-bond donors (Lipinski definition) is 4. The standard InChI is InChI=1S/C24H28O4S/c1-24-11-10-17-16-7-4-14(26)12-18(16)22(28)23(21(17)19(24)8-9-20(24)27)29-15-5-2-13(25)3-6-15/h2-7,12,17,19-23,25-28H,8-11H2,1H3/t17-,19+,20?,21-,22?,23?,24+/m1/s1. The van der Waals surface area contributed by atoms with Gasteiger partial charge in [0.2, 0.25) is 0 Å². The molecule has 0 aromatic heterocycles. The van der Waals surface area contributed by atoms with Crippen molar-refractivity contribution < 1.29 is 20.4 Å². The molecule has 3 unspecified atom stereocenters. The van der Waals surface area contributed by atoms with Crippen LogP contribution in [0.1, 0.15) is 55.8 Å². The number of aliphatic hydroxyl groups is 2.